The molecule has 0 unspecified atom stereocenters. The molecule has 31 heavy (non-hydrogen) atoms. The first-order chi connectivity index (χ1) is 15.0. The Morgan fingerprint density at radius 2 is 1.16 bits per heavy atom. The van der Waals surface area contributed by atoms with E-state index in [1.807, 2.05) is 30.3 Å². The normalized spacial score (nSPS) is 10.1. The third-order valence-electron chi connectivity index (χ3n) is 4.11. The Morgan fingerprint density at radius 1 is 0.710 bits per heavy atom. The predicted octanol–water partition coefficient (Wildman–Crippen LogP) is 3.13. The highest BCUT2D eigenvalue weighted by Gasteiger charge is 2.11. The monoisotopic (exact) mass is 421 g/mol. The van der Waals surface area contributed by atoms with Gasteiger partial charge in [0.15, 0.2) is 0 Å². The fourth-order valence-corrected chi connectivity index (χ4v) is 2.53. The molecule has 0 bridgehead atoms. The van der Waals surface area contributed by atoms with Gasteiger partial charge >= 0.3 is 0 Å². The van der Waals surface area contributed by atoms with E-state index in [-0.39, 0.29) is 11.3 Å². The van der Waals surface area contributed by atoms with E-state index < -0.39 is 16.7 Å². The molecule has 2 amide bonds. The smallest absolute Gasteiger partial charge is 0.269 e. The summed E-state index contributed by atoms with van der Waals surface area (Å²) in [5.41, 5.74) is 4.91. The van der Waals surface area contributed by atoms with Crippen LogP contribution in [0.1, 0.15) is 20.7 Å². The molecule has 0 heterocycles. The molecular formula is C22H19N3O6. The zero-order chi connectivity index (χ0) is 22.1. The summed E-state index contributed by atoms with van der Waals surface area (Å²) >= 11 is 0. The van der Waals surface area contributed by atoms with Crippen molar-refractivity contribution in [3.8, 4) is 11.5 Å². The minimum absolute atomic E-state index is 0.130. The van der Waals surface area contributed by atoms with Crippen molar-refractivity contribution in [1.82, 2.24) is 10.9 Å². The van der Waals surface area contributed by atoms with E-state index >= 15 is 0 Å². The number of nitrogens with one attached hydrogen (secondary N) is 2. The van der Waals surface area contributed by atoms with Crippen molar-refractivity contribution in [2.75, 3.05) is 13.2 Å². The number of nitrogens with zero attached hydrogens (tertiary/aromatic N) is 1. The minimum atomic E-state index is -0.596. The molecule has 0 aromatic heterocycles. The molecule has 2 N–H and O–H groups in total. The number of carbonyl (C=O) groups is 2. The summed E-state index contributed by atoms with van der Waals surface area (Å²) in [7, 11) is 0. The molecule has 0 atom stereocenters. The van der Waals surface area contributed by atoms with Crippen molar-refractivity contribution in [2.45, 2.75) is 0 Å². The van der Waals surface area contributed by atoms with Crippen LogP contribution in [0.25, 0.3) is 0 Å². The first-order valence-corrected chi connectivity index (χ1v) is 9.29. The maximum absolute atomic E-state index is 12.2. The van der Waals surface area contributed by atoms with Gasteiger partial charge in [-0.2, -0.15) is 0 Å². The Bertz CT molecular complexity index is 1040. The molecule has 0 fully saturated rings. The van der Waals surface area contributed by atoms with Gasteiger partial charge in [0.05, 0.1) is 4.92 Å². The SMILES string of the molecule is O=C(NNC(=O)c1ccc([N+](=O)[O-])cc1)c1ccc(OCCOc2ccccc2)cc1. The van der Waals surface area contributed by atoms with Gasteiger partial charge in [-0.05, 0) is 48.5 Å². The van der Waals surface area contributed by atoms with E-state index in [0.717, 1.165) is 5.75 Å². The van der Waals surface area contributed by atoms with Crippen molar-refractivity contribution in [1.29, 1.82) is 0 Å². The van der Waals surface area contributed by atoms with Crippen LogP contribution in [0.15, 0.2) is 78.9 Å². The number of nitro groups is 1. The number of carbonyl (C=O) groups excluding carboxylic acids is 2. The topological polar surface area (TPSA) is 120 Å². The van der Waals surface area contributed by atoms with Crippen LogP contribution in [0.3, 0.4) is 0 Å². The Hall–Kier alpha value is -4.40. The van der Waals surface area contributed by atoms with Crippen LogP contribution >= 0.6 is 0 Å². The summed E-state index contributed by atoms with van der Waals surface area (Å²) in [4.78, 5) is 34.3. The van der Waals surface area contributed by atoms with Crippen molar-refractivity contribution < 1.29 is 24.0 Å². The van der Waals surface area contributed by atoms with Gasteiger partial charge in [0.1, 0.15) is 24.7 Å². The molecule has 0 spiro atoms. The Kier molecular flexibility index (Phi) is 7.15. The third kappa shape index (κ3) is 6.29. The van der Waals surface area contributed by atoms with Crippen LogP contribution in [-0.4, -0.2) is 30.0 Å². The number of ether oxygens (including phenoxy) is 2. The van der Waals surface area contributed by atoms with Crippen molar-refractivity contribution in [3.05, 3.63) is 100 Å². The molecule has 9 nitrogen and oxygen atoms in total. The lowest BCUT2D eigenvalue weighted by atomic mass is 10.2. The summed E-state index contributed by atoms with van der Waals surface area (Å²) in [6.07, 6.45) is 0. The van der Waals surface area contributed by atoms with E-state index in [9.17, 15) is 19.7 Å². The summed E-state index contributed by atoms with van der Waals surface area (Å²) < 4.78 is 11.1. The lowest BCUT2D eigenvalue weighted by Crippen LogP contribution is -2.41. The van der Waals surface area contributed by atoms with Crippen LogP contribution in [0.5, 0.6) is 11.5 Å². The van der Waals surface area contributed by atoms with Gasteiger partial charge in [-0.1, -0.05) is 18.2 Å². The fourth-order valence-electron chi connectivity index (χ4n) is 2.53. The zero-order valence-electron chi connectivity index (χ0n) is 16.3. The molecule has 0 aliphatic heterocycles. The number of benzene rings is 3. The van der Waals surface area contributed by atoms with Gasteiger partial charge < -0.3 is 9.47 Å². The molecular weight excluding hydrogens is 402 g/mol. The summed E-state index contributed by atoms with van der Waals surface area (Å²) in [5, 5.41) is 10.6. The Labute approximate surface area is 177 Å². The summed E-state index contributed by atoms with van der Waals surface area (Å²) in [5.74, 6) is 0.216. The van der Waals surface area contributed by atoms with E-state index in [1.54, 1.807) is 24.3 Å². The average molecular weight is 421 g/mol. The maximum atomic E-state index is 12.2. The third-order valence-corrected chi connectivity index (χ3v) is 4.11. The molecule has 0 saturated carbocycles. The van der Waals surface area contributed by atoms with Crippen LogP contribution in [-0.2, 0) is 0 Å². The van der Waals surface area contributed by atoms with Gasteiger partial charge in [-0.3, -0.25) is 30.6 Å². The standard InChI is InChI=1S/C22H19N3O6/c26-21(16-6-10-18(11-7-16)25(28)29)23-24-22(27)17-8-12-20(13-9-17)31-15-14-30-19-4-2-1-3-5-19/h1-13H,14-15H2,(H,23,26)(H,24,27). The van der Waals surface area contributed by atoms with Gasteiger partial charge in [-0.15, -0.1) is 0 Å². The predicted molar refractivity (Wildman–Crippen MR) is 112 cm³/mol. The fraction of sp³-hybridized carbons (Fsp3) is 0.0909. The number of para-hydroxylation sites is 1. The van der Waals surface area contributed by atoms with E-state index in [0.29, 0.717) is 24.5 Å². The number of hydrogen-bond acceptors (Lipinski definition) is 6. The van der Waals surface area contributed by atoms with Gasteiger partial charge in [0.25, 0.3) is 17.5 Å². The average Bonchev–Trinajstić information content (AvgIpc) is 2.81. The molecule has 0 aliphatic carbocycles. The lowest BCUT2D eigenvalue weighted by Gasteiger charge is -2.10. The molecule has 0 aliphatic rings. The van der Waals surface area contributed by atoms with Gasteiger partial charge in [-0.25, -0.2) is 0 Å². The largest absolute Gasteiger partial charge is 0.490 e. The molecule has 3 aromatic carbocycles. The number of amides is 2. The zero-order valence-corrected chi connectivity index (χ0v) is 16.3. The van der Waals surface area contributed by atoms with E-state index in [1.165, 1.54) is 24.3 Å². The second-order valence-corrected chi connectivity index (χ2v) is 6.25. The minimum Gasteiger partial charge on any atom is -0.490 e. The van der Waals surface area contributed by atoms with Crippen LogP contribution in [0.4, 0.5) is 5.69 Å². The van der Waals surface area contributed by atoms with Crippen molar-refractivity contribution in [2.24, 2.45) is 0 Å². The second kappa shape index (κ2) is 10.4. The molecule has 3 rings (SSSR count). The molecule has 3 aromatic rings. The first kappa shape index (κ1) is 21.3. The van der Waals surface area contributed by atoms with Crippen molar-refractivity contribution >= 4 is 17.5 Å². The summed E-state index contributed by atoms with van der Waals surface area (Å²) in [6.45, 7) is 0.715. The number of rotatable bonds is 8. The summed E-state index contributed by atoms with van der Waals surface area (Å²) in [6, 6.07) is 20.8. The number of hydrogen-bond donors (Lipinski definition) is 2. The van der Waals surface area contributed by atoms with E-state index in [2.05, 4.69) is 10.9 Å². The number of non-ortho nitro benzene ring substituents is 1. The van der Waals surface area contributed by atoms with Crippen LogP contribution < -0.4 is 20.3 Å². The Morgan fingerprint density at radius 3 is 1.65 bits per heavy atom. The maximum Gasteiger partial charge on any atom is 0.269 e. The Balaban J connectivity index is 1.43. The molecule has 9 heteroatoms. The highest BCUT2D eigenvalue weighted by molar-refractivity contribution is 5.99. The van der Waals surface area contributed by atoms with E-state index in [4.69, 9.17) is 9.47 Å². The lowest BCUT2D eigenvalue weighted by molar-refractivity contribution is -0.384. The first-order valence-electron chi connectivity index (χ1n) is 9.29. The van der Waals surface area contributed by atoms with Gasteiger partial charge in [0.2, 0.25) is 0 Å². The highest BCUT2D eigenvalue weighted by Crippen LogP contribution is 2.14. The molecule has 0 radical (unpaired) electrons. The van der Waals surface area contributed by atoms with Gasteiger partial charge in [0, 0.05) is 23.3 Å². The second-order valence-electron chi connectivity index (χ2n) is 6.25. The number of nitro benzene ring substituents is 1. The van der Waals surface area contributed by atoms with Crippen LogP contribution in [0, 0.1) is 10.1 Å². The van der Waals surface area contributed by atoms with Crippen LogP contribution in [0.2, 0.25) is 0 Å². The van der Waals surface area contributed by atoms with Crippen molar-refractivity contribution in [3.63, 3.8) is 0 Å². The molecule has 158 valence electrons. The highest BCUT2D eigenvalue weighted by atomic mass is 16.6. The number of hydrazine groups is 1. The molecule has 0 saturated heterocycles. The quantitative estimate of drug-likeness (QED) is 0.328.